The second-order valence-electron chi connectivity index (χ2n) is 13.6. The second-order valence-corrected chi connectivity index (χ2v) is 15.4. The molecule has 0 amide bonds. The van der Waals surface area contributed by atoms with Gasteiger partial charge in [-0.2, -0.15) is 0 Å². The van der Waals surface area contributed by atoms with Crippen LogP contribution in [0.3, 0.4) is 0 Å². The van der Waals surface area contributed by atoms with Crippen molar-refractivity contribution in [3.63, 3.8) is 0 Å². The van der Waals surface area contributed by atoms with Gasteiger partial charge in [0, 0.05) is 12.5 Å². The van der Waals surface area contributed by atoms with Gasteiger partial charge in [0.05, 0.1) is 32.0 Å². The Balaban J connectivity index is 2.36. The summed E-state index contributed by atoms with van der Waals surface area (Å²) >= 11 is 0. The molecule has 7 nitrogen and oxygen atoms in total. The Hall–Kier alpha value is -2.70. The topological polar surface area (TPSA) is 94.1 Å². The van der Waals surface area contributed by atoms with Crippen LogP contribution in [0.2, 0.25) is 0 Å². The molecule has 3 unspecified atom stereocenters. The maximum Gasteiger partial charge on any atom is 0.405 e. The number of aliphatic carboxylic acids is 1. The lowest BCUT2D eigenvalue weighted by molar-refractivity contribution is -0.144. The van der Waals surface area contributed by atoms with E-state index in [0.717, 1.165) is 57.8 Å². The minimum atomic E-state index is -3.40. The fourth-order valence-corrected chi connectivity index (χ4v) is 7.02. The van der Waals surface area contributed by atoms with Crippen molar-refractivity contribution in [3.05, 3.63) is 97.4 Å². The van der Waals surface area contributed by atoms with Gasteiger partial charge in [-0.25, -0.2) is 9.65 Å². The molecule has 3 atom stereocenters. The maximum absolute atomic E-state index is 12.7. The summed E-state index contributed by atoms with van der Waals surface area (Å²) < 4.78 is 29.4. The van der Waals surface area contributed by atoms with Crippen LogP contribution >= 0.6 is 7.75 Å². The van der Waals surface area contributed by atoms with Gasteiger partial charge in [-0.15, -0.1) is 0 Å². The Morgan fingerprint density at radius 2 is 1.15 bits per heavy atom. The van der Waals surface area contributed by atoms with Gasteiger partial charge in [-0.05, 0) is 89.5 Å². The molecule has 1 aliphatic heterocycles. The largest absolute Gasteiger partial charge is 0.501 e. The van der Waals surface area contributed by atoms with E-state index in [4.69, 9.17) is 13.8 Å². The van der Waals surface area contributed by atoms with E-state index in [1.165, 1.54) is 64.2 Å². The Bertz CT molecular complexity index is 1160. The van der Waals surface area contributed by atoms with Crippen LogP contribution in [-0.2, 0) is 23.1 Å². The number of carboxylic acids is 1. The molecule has 0 radical (unpaired) electrons. The first-order chi connectivity index (χ1) is 26.0. The van der Waals surface area contributed by atoms with Crippen LogP contribution < -0.4 is 5.09 Å². The standard InChI is InChI=1S/C45H74NO6P/c1-3-5-7-9-11-13-15-17-19-21-22-23-25-27-29-31-33-35-37-44(45(47)48)43(42-52-53(49)46-38-40-51-53)41-50-39-36-34-32-30-28-26-24-20-18-16-14-12-10-8-6-4-2/h5,7,11,13,17-20,22-23,27,29,33,35-36,39,43-44H,3-4,6,8-10,12,14-16,21,24-26,28,30-32,34,37-38,40-42H2,1-2H3,(H,46,49)(H,47,48)/b7-5-,13-11-,19-17-,20-18-,23-22-,29-27-,35-33-,39-36-. The highest BCUT2D eigenvalue weighted by Gasteiger charge is 2.34. The molecule has 1 fully saturated rings. The van der Waals surface area contributed by atoms with E-state index in [0.29, 0.717) is 19.6 Å². The number of hydrogen-bond acceptors (Lipinski definition) is 5. The summed E-state index contributed by atoms with van der Waals surface area (Å²) in [5.41, 5.74) is 0. The van der Waals surface area contributed by atoms with Crippen molar-refractivity contribution in [2.75, 3.05) is 26.4 Å². The van der Waals surface area contributed by atoms with Crippen molar-refractivity contribution in [3.8, 4) is 0 Å². The molecule has 0 aromatic heterocycles. The highest BCUT2D eigenvalue weighted by molar-refractivity contribution is 7.51. The summed E-state index contributed by atoms with van der Waals surface area (Å²) in [7, 11) is -3.40. The third-order valence-electron chi connectivity index (χ3n) is 8.89. The molecule has 1 aliphatic rings. The molecule has 0 bridgehead atoms. The van der Waals surface area contributed by atoms with E-state index in [9.17, 15) is 14.5 Å². The van der Waals surface area contributed by atoms with Gasteiger partial charge in [-0.1, -0.05) is 144 Å². The molecule has 0 saturated carbocycles. The number of carboxylic acid groups (broad SMARTS) is 1. The predicted octanol–water partition coefficient (Wildman–Crippen LogP) is 13.3. The minimum Gasteiger partial charge on any atom is -0.501 e. The van der Waals surface area contributed by atoms with Crippen molar-refractivity contribution >= 4 is 13.7 Å². The number of allylic oxidation sites excluding steroid dienone is 15. The Kier molecular flexibility index (Phi) is 33.1. The molecule has 0 aliphatic carbocycles. The predicted molar refractivity (Wildman–Crippen MR) is 225 cm³/mol. The average Bonchev–Trinajstić information content (AvgIpc) is 3.59. The molecule has 53 heavy (non-hydrogen) atoms. The highest BCUT2D eigenvalue weighted by Crippen LogP contribution is 2.47. The van der Waals surface area contributed by atoms with Gasteiger partial charge in [0.25, 0.3) is 0 Å². The molecular weight excluding hydrogens is 681 g/mol. The highest BCUT2D eigenvalue weighted by atomic mass is 31.2. The molecule has 1 heterocycles. The van der Waals surface area contributed by atoms with Crippen LogP contribution in [0.5, 0.6) is 0 Å². The zero-order valence-corrected chi connectivity index (χ0v) is 34.2. The second kappa shape index (κ2) is 36.3. The van der Waals surface area contributed by atoms with Gasteiger partial charge < -0.3 is 9.84 Å². The molecule has 0 aromatic carbocycles. The van der Waals surface area contributed by atoms with Crippen molar-refractivity contribution in [2.24, 2.45) is 11.8 Å². The first-order valence-electron chi connectivity index (χ1n) is 20.7. The average molecular weight is 756 g/mol. The summed E-state index contributed by atoms with van der Waals surface area (Å²) in [6.45, 7) is 5.27. The van der Waals surface area contributed by atoms with E-state index >= 15 is 0 Å². The summed E-state index contributed by atoms with van der Waals surface area (Å²) in [6, 6.07) is 0. The van der Waals surface area contributed by atoms with E-state index in [1.54, 1.807) is 6.26 Å². The number of hydrogen-bond donors (Lipinski definition) is 2. The van der Waals surface area contributed by atoms with Crippen molar-refractivity contribution < 1.29 is 28.3 Å². The monoisotopic (exact) mass is 756 g/mol. The van der Waals surface area contributed by atoms with Gasteiger partial charge in [0.1, 0.15) is 0 Å². The number of rotatable bonds is 35. The molecule has 0 spiro atoms. The molecule has 1 rings (SSSR count). The first-order valence-corrected chi connectivity index (χ1v) is 22.2. The zero-order valence-electron chi connectivity index (χ0n) is 33.3. The zero-order chi connectivity index (χ0) is 38.3. The summed E-state index contributed by atoms with van der Waals surface area (Å²) in [5, 5.41) is 12.8. The van der Waals surface area contributed by atoms with Crippen molar-refractivity contribution in [1.29, 1.82) is 0 Å². The third kappa shape index (κ3) is 30.3. The van der Waals surface area contributed by atoms with E-state index < -0.39 is 25.6 Å². The van der Waals surface area contributed by atoms with Crippen LogP contribution in [0.1, 0.15) is 142 Å². The van der Waals surface area contributed by atoms with Crippen molar-refractivity contribution in [2.45, 2.75) is 142 Å². The summed E-state index contributed by atoms with van der Waals surface area (Å²) in [6.07, 6.45) is 55.9. The van der Waals surface area contributed by atoms with E-state index in [2.05, 4.69) is 91.8 Å². The molecular formula is C45H74NO6P. The Morgan fingerprint density at radius 3 is 1.64 bits per heavy atom. The summed E-state index contributed by atoms with van der Waals surface area (Å²) in [5.74, 6) is -2.18. The minimum absolute atomic E-state index is 0.0366. The van der Waals surface area contributed by atoms with Crippen molar-refractivity contribution in [1.82, 2.24) is 5.09 Å². The quantitative estimate of drug-likeness (QED) is 0.0288. The number of ether oxygens (including phenoxy) is 1. The first kappa shape index (κ1) is 48.3. The van der Waals surface area contributed by atoms with Crippen LogP contribution in [0, 0.1) is 11.8 Å². The van der Waals surface area contributed by atoms with E-state index in [-0.39, 0.29) is 13.2 Å². The molecule has 8 heteroatoms. The Morgan fingerprint density at radius 1 is 0.660 bits per heavy atom. The third-order valence-corrected chi connectivity index (χ3v) is 10.5. The van der Waals surface area contributed by atoms with Crippen LogP contribution in [-0.4, -0.2) is 37.4 Å². The van der Waals surface area contributed by atoms with Crippen LogP contribution in [0.4, 0.5) is 0 Å². The van der Waals surface area contributed by atoms with Gasteiger partial charge in [0.2, 0.25) is 0 Å². The lowest BCUT2D eigenvalue weighted by Crippen LogP contribution is -2.30. The van der Waals surface area contributed by atoms with Gasteiger partial charge in [0.15, 0.2) is 0 Å². The Labute approximate surface area is 324 Å². The normalized spacial score (nSPS) is 18.2. The van der Waals surface area contributed by atoms with Crippen LogP contribution in [0.15, 0.2) is 97.4 Å². The van der Waals surface area contributed by atoms with Gasteiger partial charge >= 0.3 is 13.7 Å². The number of nitrogens with one attached hydrogen (secondary N) is 1. The lowest BCUT2D eigenvalue weighted by Gasteiger charge is -2.23. The molecule has 1 saturated heterocycles. The SMILES string of the molecule is CC/C=C\C/C=C\C/C=C\C/C=C\C/C=C\C/C=C\CC(C(=O)O)C(CO/C=C\CCCCCC/C=C\CCCCCCCC)COP1(=O)NCCO1. The maximum atomic E-state index is 12.7. The summed E-state index contributed by atoms with van der Waals surface area (Å²) in [4.78, 5) is 12.3. The fraction of sp³-hybridized carbons (Fsp3) is 0.622. The van der Waals surface area contributed by atoms with E-state index in [1.807, 2.05) is 18.2 Å². The molecule has 0 aromatic rings. The molecule has 300 valence electrons. The smallest absolute Gasteiger partial charge is 0.405 e. The fourth-order valence-electron chi connectivity index (χ4n) is 5.68. The van der Waals surface area contributed by atoms with Gasteiger partial charge in [-0.3, -0.25) is 13.8 Å². The van der Waals surface area contributed by atoms with Crippen LogP contribution in [0.25, 0.3) is 0 Å². The number of unbranched alkanes of at least 4 members (excludes halogenated alkanes) is 11. The molecule has 2 N–H and O–H groups in total. The lowest BCUT2D eigenvalue weighted by atomic mass is 9.90. The number of carbonyl (C=O) groups is 1.